The van der Waals surface area contributed by atoms with Crippen molar-refractivity contribution in [2.24, 2.45) is 0 Å². The second kappa shape index (κ2) is 9.34. The zero-order valence-electron chi connectivity index (χ0n) is 13.3. The minimum atomic E-state index is -0.819. The first-order valence-corrected chi connectivity index (χ1v) is 9.54. The summed E-state index contributed by atoms with van der Waals surface area (Å²) in [6.07, 6.45) is 2.53. The summed E-state index contributed by atoms with van der Waals surface area (Å²) in [6, 6.07) is 9.36. The predicted molar refractivity (Wildman–Crippen MR) is 96.1 cm³/mol. The SMILES string of the molecule is CSc1ccsc1C(=O)NCc1ccc(OCCCC(=O)O)cc1. The molecule has 24 heavy (non-hydrogen) atoms. The van der Waals surface area contributed by atoms with E-state index in [1.54, 1.807) is 11.8 Å². The molecule has 0 radical (unpaired) electrons. The summed E-state index contributed by atoms with van der Waals surface area (Å²) in [4.78, 5) is 24.3. The third-order valence-corrected chi connectivity index (χ3v) is 5.06. The Kier molecular flexibility index (Phi) is 7.14. The average molecular weight is 365 g/mol. The van der Waals surface area contributed by atoms with Crippen LogP contribution in [0.15, 0.2) is 40.6 Å². The maximum atomic E-state index is 12.2. The highest BCUT2D eigenvalue weighted by atomic mass is 32.2. The number of carboxylic acid groups (broad SMARTS) is 1. The summed E-state index contributed by atoms with van der Waals surface area (Å²) in [5.74, 6) is -0.193. The van der Waals surface area contributed by atoms with Crippen LogP contribution in [0.4, 0.5) is 0 Å². The first-order chi connectivity index (χ1) is 11.6. The van der Waals surface area contributed by atoms with Crippen LogP contribution in [0.3, 0.4) is 0 Å². The van der Waals surface area contributed by atoms with E-state index in [9.17, 15) is 9.59 Å². The number of hydrogen-bond donors (Lipinski definition) is 2. The number of benzene rings is 1. The quantitative estimate of drug-likeness (QED) is 0.524. The molecule has 0 saturated heterocycles. The molecule has 0 aliphatic heterocycles. The Morgan fingerprint density at radius 2 is 2.00 bits per heavy atom. The van der Waals surface area contributed by atoms with Crippen molar-refractivity contribution in [2.75, 3.05) is 12.9 Å². The molecule has 1 amide bonds. The van der Waals surface area contributed by atoms with Crippen molar-refractivity contribution in [3.05, 3.63) is 46.2 Å². The molecule has 128 valence electrons. The fourth-order valence-electron chi connectivity index (χ4n) is 2.00. The lowest BCUT2D eigenvalue weighted by Gasteiger charge is -2.08. The van der Waals surface area contributed by atoms with Gasteiger partial charge in [-0.25, -0.2) is 0 Å². The van der Waals surface area contributed by atoms with Gasteiger partial charge in [-0.2, -0.15) is 0 Å². The highest BCUT2D eigenvalue weighted by molar-refractivity contribution is 7.98. The summed E-state index contributed by atoms with van der Waals surface area (Å²) < 4.78 is 5.47. The third-order valence-electron chi connectivity index (χ3n) is 3.24. The van der Waals surface area contributed by atoms with Crippen LogP contribution >= 0.6 is 23.1 Å². The van der Waals surface area contributed by atoms with E-state index in [4.69, 9.17) is 9.84 Å². The summed E-state index contributed by atoms with van der Waals surface area (Å²) in [5.41, 5.74) is 0.975. The van der Waals surface area contributed by atoms with Crippen molar-refractivity contribution in [3.8, 4) is 5.75 Å². The van der Waals surface area contributed by atoms with Crippen molar-refractivity contribution in [1.82, 2.24) is 5.32 Å². The van der Waals surface area contributed by atoms with Crippen LogP contribution in [0.2, 0.25) is 0 Å². The molecule has 2 N–H and O–H groups in total. The van der Waals surface area contributed by atoms with Crippen LogP contribution in [0, 0.1) is 0 Å². The van der Waals surface area contributed by atoms with Gasteiger partial charge >= 0.3 is 5.97 Å². The van der Waals surface area contributed by atoms with E-state index in [0.717, 1.165) is 15.3 Å². The van der Waals surface area contributed by atoms with Gasteiger partial charge in [-0.15, -0.1) is 23.1 Å². The molecule has 5 nitrogen and oxygen atoms in total. The lowest BCUT2D eigenvalue weighted by atomic mass is 10.2. The molecule has 0 bridgehead atoms. The second-order valence-electron chi connectivity index (χ2n) is 4.99. The molecule has 0 aliphatic rings. The molecule has 0 fully saturated rings. The summed E-state index contributed by atoms with van der Waals surface area (Å²) in [7, 11) is 0. The highest BCUT2D eigenvalue weighted by Gasteiger charge is 2.12. The van der Waals surface area contributed by atoms with E-state index in [1.807, 2.05) is 42.0 Å². The molecule has 0 saturated carbocycles. The number of carboxylic acids is 1. The number of carbonyl (C=O) groups excluding carboxylic acids is 1. The molecule has 1 aromatic heterocycles. The Morgan fingerprint density at radius 3 is 2.67 bits per heavy atom. The number of amides is 1. The normalized spacial score (nSPS) is 10.4. The highest BCUT2D eigenvalue weighted by Crippen LogP contribution is 2.25. The maximum Gasteiger partial charge on any atom is 0.303 e. The minimum Gasteiger partial charge on any atom is -0.494 e. The van der Waals surface area contributed by atoms with Gasteiger partial charge in [0.1, 0.15) is 10.6 Å². The van der Waals surface area contributed by atoms with Crippen molar-refractivity contribution in [3.63, 3.8) is 0 Å². The first kappa shape index (κ1) is 18.4. The zero-order valence-corrected chi connectivity index (χ0v) is 14.9. The van der Waals surface area contributed by atoms with Gasteiger partial charge in [0.05, 0.1) is 6.61 Å². The van der Waals surface area contributed by atoms with Gasteiger partial charge in [0, 0.05) is 17.9 Å². The van der Waals surface area contributed by atoms with E-state index in [1.165, 1.54) is 11.3 Å². The number of thioether (sulfide) groups is 1. The number of thiophene rings is 1. The van der Waals surface area contributed by atoms with Gasteiger partial charge in [0.25, 0.3) is 5.91 Å². The van der Waals surface area contributed by atoms with Crippen molar-refractivity contribution < 1.29 is 19.4 Å². The van der Waals surface area contributed by atoms with E-state index < -0.39 is 5.97 Å². The van der Waals surface area contributed by atoms with Gasteiger partial charge in [-0.1, -0.05) is 12.1 Å². The number of aliphatic carboxylic acids is 1. The molecule has 0 spiro atoms. The van der Waals surface area contributed by atoms with Gasteiger partial charge in [0.2, 0.25) is 0 Å². The number of ether oxygens (including phenoxy) is 1. The summed E-state index contributed by atoms with van der Waals surface area (Å²) in [5, 5.41) is 13.4. The molecule has 2 rings (SSSR count). The second-order valence-corrected chi connectivity index (χ2v) is 6.75. The van der Waals surface area contributed by atoms with Crippen LogP contribution < -0.4 is 10.1 Å². The Labute approximate surface area is 149 Å². The van der Waals surface area contributed by atoms with Crippen LogP contribution in [-0.2, 0) is 11.3 Å². The van der Waals surface area contributed by atoms with Gasteiger partial charge in [-0.3, -0.25) is 9.59 Å². The summed E-state index contributed by atoms with van der Waals surface area (Å²) >= 11 is 3.00. The standard InChI is InChI=1S/C17H19NO4S2/c1-23-14-8-10-24-16(14)17(21)18-11-12-4-6-13(7-5-12)22-9-2-3-15(19)20/h4-8,10H,2-3,9,11H2,1H3,(H,18,21)(H,19,20). The largest absolute Gasteiger partial charge is 0.494 e. The van der Waals surface area contributed by atoms with E-state index in [0.29, 0.717) is 25.3 Å². The number of nitrogens with one attached hydrogen (secondary N) is 1. The van der Waals surface area contributed by atoms with Crippen LogP contribution in [0.25, 0.3) is 0 Å². The number of hydrogen-bond acceptors (Lipinski definition) is 5. The summed E-state index contributed by atoms with van der Waals surface area (Å²) in [6.45, 7) is 0.821. The van der Waals surface area contributed by atoms with Gasteiger partial charge in [0.15, 0.2) is 0 Å². The molecule has 2 aromatic rings. The van der Waals surface area contributed by atoms with E-state index in [-0.39, 0.29) is 12.3 Å². The van der Waals surface area contributed by atoms with E-state index in [2.05, 4.69) is 5.32 Å². The average Bonchev–Trinajstić information content (AvgIpc) is 3.06. The Morgan fingerprint density at radius 1 is 1.25 bits per heavy atom. The fraction of sp³-hybridized carbons (Fsp3) is 0.294. The smallest absolute Gasteiger partial charge is 0.303 e. The minimum absolute atomic E-state index is 0.0663. The molecule has 7 heteroatoms. The molecule has 0 unspecified atom stereocenters. The fourth-order valence-corrected chi connectivity index (χ4v) is 3.67. The number of rotatable bonds is 9. The van der Waals surface area contributed by atoms with Crippen molar-refractivity contribution >= 4 is 35.0 Å². The molecular weight excluding hydrogens is 346 g/mol. The van der Waals surface area contributed by atoms with Crippen LogP contribution in [-0.4, -0.2) is 29.8 Å². The Balaban J connectivity index is 1.79. The topological polar surface area (TPSA) is 75.6 Å². The lowest BCUT2D eigenvalue weighted by Crippen LogP contribution is -2.22. The monoisotopic (exact) mass is 365 g/mol. The maximum absolute atomic E-state index is 12.2. The molecular formula is C17H19NO4S2. The predicted octanol–water partition coefficient (Wildman–Crippen LogP) is 3.64. The van der Waals surface area contributed by atoms with Crippen molar-refractivity contribution in [1.29, 1.82) is 0 Å². The molecule has 1 aromatic carbocycles. The lowest BCUT2D eigenvalue weighted by molar-refractivity contribution is -0.137. The van der Waals surface area contributed by atoms with Crippen LogP contribution in [0.5, 0.6) is 5.75 Å². The first-order valence-electron chi connectivity index (χ1n) is 7.43. The zero-order chi connectivity index (χ0) is 17.4. The van der Waals surface area contributed by atoms with Gasteiger partial charge in [-0.05, 0) is 41.8 Å². The van der Waals surface area contributed by atoms with Crippen LogP contribution in [0.1, 0.15) is 28.1 Å². The third kappa shape index (κ3) is 5.58. The number of carbonyl (C=O) groups is 2. The molecule has 0 aliphatic carbocycles. The molecule has 1 heterocycles. The Bertz CT molecular complexity index is 682. The van der Waals surface area contributed by atoms with Gasteiger partial charge < -0.3 is 15.2 Å². The van der Waals surface area contributed by atoms with E-state index >= 15 is 0 Å². The van der Waals surface area contributed by atoms with Crippen molar-refractivity contribution in [2.45, 2.75) is 24.3 Å². The molecule has 0 atom stereocenters. The Hall–Kier alpha value is -1.99.